The fourth-order valence-electron chi connectivity index (χ4n) is 2.49. The highest BCUT2D eigenvalue weighted by atomic mass is 19.1. The SMILES string of the molecule is O=C(c1ccc(F)c([N+](=O)[O-])c1)N1CCc2ccccc21. The molecule has 106 valence electrons. The third-order valence-electron chi connectivity index (χ3n) is 3.52. The quantitative estimate of drug-likeness (QED) is 0.630. The molecule has 1 aliphatic heterocycles. The van der Waals surface area contributed by atoms with Crippen molar-refractivity contribution < 1.29 is 14.1 Å². The lowest BCUT2D eigenvalue weighted by Crippen LogP contribution is -2.28. The Morgan fingerprint density at radius 2 is 2.00 bits per heavy atom. The van der Waals surface area contributed by atoms with E-state index in [4.69, 9.17) is 0 Å². The van der Waals surface area contributed by atoms with Gasteiger partial charge in [0.05, 0.1) is 4.92 Å². The molecule has 0 fully saturated rings. The number of para-hydroxylation sites is 1. The van der Waals surface area contributed by atoms with E-state index >= 15 is 0 Å². The number of carbonyl (C=O) groups excluding carboxylic acids is 1. The number of nitro groups is 1. The summed E-state index contributed by atoms with van der Waals surface area (Å²) in [6, 6.07) is 10.7. The van der Waals surface area contributed by atoms with E-state index in [-0.39, 0.29) is 11.5 Å². The van der Waals surface area contributed by atoms with Gasteiger partial charge < -0.3 is 4.90 Å². The van der Waals surface area contributed by atoms with Gasteiger partial charge in [0.2, 0.25) is 5.82 Å². The minimum absolute atomic E-state index is 0.111. The van der Waals surface area contributed by atoms with Crippen LogP contribution in [0, 0.1) is 15.9 Å². The molecule has 21 heavy (non-hydrogen) atoms. The summed E-state index contributed by atoms with van der Waals surface area (Å²) in [4.78, 5) is 24.0. The maximum Gasteiger partial charge on any atom is 0.305 e. The van der Waals surface area contributed by atoms with E-state index in [1.165, 1.54) is 6.07 Å². The van der Waals surface area contributed by atoms with Gasteiger partial charge in [-0.1, -0.05) is 18.2 Å². The van der Waals surface area contributed by atoms with Crippen LogP contribution in [0.4, 0.5) is 15.8 Å². The first kappa shape index (κ1) is 13.2. The molecule has 1 aliphatic rings. The molecule has 5 nitrogen and oxygen atoms in total. The lowest BCUT2D eigenvalue weighted by Gasteiger charge is -2.17. The van der Waals surface area contributed by atoms with Gasteiger partial charge in [0.1, 0.15) is 0 Å². The first-order valence-corrected chi connectivity index (χ1v) is 6.41. The Morgan fingerprint density at radius 1 is 1.24 bits per heavy atom. The van der Waals surface area contributed by atoms with Gasteiger partial charge in [0, 0.05) is 23.9 Å². The van der Waals surface area contributed by atoms with Crippen LogP contribution in [0.25, 0.3) is 0 Å². The molecule has 2 aromatic carbocycles. The second-order valence-electron chi connectivity index (χ2n) is 4.76. The van der Waals surface area contributed by atoms with Crippen LogP contribution in [0.15, 0.2) is 42.5 Å². The van der Waals surface area contributed by atoms with Crippen LogP contribution >= 0.6 is 0 Å². The summed E-state index contributed by atoms with van der Waals surface area (Å²) in [5, 5.41) is 10.8. The molecule has 2 aromatic rings. The topological polar surface area (TPSA) is 63.4 Å². The molecule has 3 rings (SSSR count). The molecule has 0 spiro atoms. The van der Waals surface area contributed by atoms with Crippen molar-refractivity contribution in [3.05, 3.63) is 69.5 Å². The van der Waals surface area contributed by atoms with Gasteiger partial charge in [-0.2, -0.15) is 4.39 Å². The van der Waals surface area contributed by atoms with Crippen molar-refractivity contribution in [2.45, 2.75) is 6.42 Å². The van der Waals surface area contributed by atoms with Gasteiger partial charge in [-0.3, -0.25) is 14.9 Å². The van der Waals surface area contributed by atoms with Crippen molar-refractivity contribution in [3.63, 3.8) is 0 Å². The maximum absolute atomic E-state index is 13.3. The molecule has 0 atom stereocenters. The molecule has 6 heteroatoms. The van der Waals surface area contributed by atoms with Gasteiger partial charge in [-0.15, -0.1) is 0 Å². The third kappa shape index (κ3) is 2.24. The third-order valence-corrected chi connectivity index (χ3v) is 3.52. The summed E-state index contributed by atoms with van der Waals surface area (Å²) in [6.07, 6.45) is 0.741. The van der Waals surface area contributed by atoms with Crippen molar-refractivity contribution in [2.24, 2.45) is 0 Å². The van der Waals surface area contributed by atoms with Crippen molar-refractivity contribution in [2.75, 3.05) is 11.4 Å². The Hall–Kier alpha value is -2.76. The number of anilines is 1. The standard InChI is InChI=1S/C15H11FN2O3/c16-12-6-5-11(9-14(12)18(20)21)15(19)17-8-7-10-3-1-2-4-13(10)17/h1-6,9H,7-8H2. The molecule has 0 saturated heterocycles. The molecule has 0 saturated carbocycles. The van der Waals surface area contributed by atoms with E-state index in [9.17, 15) is 19.3 Å². The average Bonchev–Trinajstić information content (AvgIpc) is 2.90. The van der Waals surface area contributed by atoms with Gasteiger partial charge in [-0.25, -0.2) is 0 Å². The summed E-state index contributed by atoms with van der Waals surface area (Å²) in [5.74, 6) is -1.30. The Morgan fingerprint density at radius 3 is 2.76 bits per heavy atom. The van der Waals surface area contributed by atoms with Crippen LogP contribution in [-0.4, -0.2) is 17.4 Å². The van der Waals surface area contributed by atoms with E-state index < -0.39 is 16.4 Å². The zero-order valence-electron chi connectivity index (χ0n) is 11.0. The van der Waals surface area contributed by atoms with E-state index in [2.05, 4.69) is 0 Å². The molecule has 0 bridgehead atoms. The first-order valence-electron chi connectivity index (χ1n) is 6.41. The van der Waals surface area contributed by atoms with Gasteiger partial charge in [-0.05, 0) is 30.2 Å². The number of hydrogen-bond acceptors (Lipinski definition) is 3. The smallest absolute Gasteiger partial charge is 0.305 e. The molecule has 0 radical (unpaired) electrons. The molecule has 1 heterocycles. The molecule has 1 amide bonds. The molecule has 0 N–H and O–H groups in total. The molecular weight excluding hydrogens is 275 g/mol. The Balaban J connectivity index is 1.97. The minimum atomic E-state index is -0.946. The largest absolute Gasteiger partial charge is 0.308 e. The predicted octanol–water partition coefficient (Wildman–Crippen LogP) is 2.94. The minimum Gasteiger partial charge on any atom is -0.308 e. The monoisotopic (exact) mass is 286 g/mol. The van der Waals surface area contributed by atoms with Gasteiger partial charge in [0.15, 0.2) is 0 Å². The van der Waals surface area contributed by atoms with Crippen LogP contribution in [0.2, 0.25) is 0 Å². The normalized spacial score (nSPS) is 13.1. The summed E-state index contributed by atoms with van der Waals surface area (Å²) >= 11 is 0. The van der Waals surface area contributed by atoms with Gasteiger partial charge >= 0.3 is 5.69 Å². The van der Waals surface area contributed by atoms with E-state index in [0.29, 0.717) is 6.54 Å². The van der Waals surface area contributed by atoms with E-state index in [1.54, 1.807) is 4.90 Å². The second kappa shape index (κ2) is 4.97. The molecule has 0 unspecified atom stereocenters. The molecule has 0 aliphatic carbocycles. The van der Waals surface area contributed by atoms with Crippen molar-refractivity contribution in [3.8, 4) is 0 Å². The number of fused-ring (bicyclic) bond motifs is 1. The lowest BCUT2D eigenvalue weighted by molar-refractivity contribution is -0.387. The van der Waals surface area contributed by atoms with Crippen molar-refractivity contribution in [1.29, 1.82) is 0 Å². The van der Waals surface area contributed by atoms with Crippen LogP contribution in [0.1, 0.15) is 15.9 Å². The number of halogens is 1. The fraction of sp³-hybridized carbons (Fsp3) is 0.133. The number of hydrogen-bond donors (Lipinski definition) is 0. The number of carbonyl (C=O) groups is 1. The average molecular weight is 286 g/mol. The number of benzene rings is 2. The Labute approximate surface area is 119 Å². The highest BCUT2D eigenvalue weighted by Gasteiger charge is 2.27. The Bertz CT molecular complexity index is 745. The van der Waals surface area contributed by atoms with Gasteiger partial charge in [0.25, 0.3) is 5.91 Å². The number of nitro benzene ring substituents is 1. The second-order valence-corrected chi connectivity index (χ2v) is 4.76. The molecule has 0 aromatic heterocycles. The summed E-state index contributed by atoms with van der Waals surface area (Å²) in [7, 11) is 0. The molecular formula is C15H11FN2O3. The number of nitrogens with zero attached hydrogens (tertiary/aromatic N) is 2. The number of rotatable bonds is 2. The van der Waals surface area contributed by atoms with Crippen molar-refractivity contribution in [1.82, 2.24) is 0 Å². The zero-order chi connectivity index (χ0) is 15.0. The summed E-state index contributed by atoms with van der Waals surface area (Å²) in [6.45, 7) is 0.517. The highest BCUT2D eigenvalue weighted by molar-refractivity contribution is 6.07. The van der Waals surface area contributed by atoms with Crippen LogP contribution in [-0.2, 0) is 6.42 Å². The predicted molar refractivity (Wildman–Crippen MR) is 74.9 cm³/mol. The number of amides is 1. The summed E-state index contributed by atoms with van der Waals surface area (Å²) < 4.78 is 13.3. The highest BCUT2D eigenvalue weighted by Crippen LogP contribution is 2.29. The zero-order valence-corrected chi connectivity index (χ0v) is 11.0. The van der Waals surface area contributed by atoms with Crippen molar-refractivity contribution >= 4 is 17.3 Å². The van der Waals surface area contributed by atoms with Crippen LogP contribution in [0.5, 0.6) is 0 Å². The van der Waals surface area contributed by atoms with Crippen LogP contribution < -0.4 is 4.90 Å². The van der Waals surface area contributed by atoms with E-state index in [0.717, 1.165) is 29.8 Å². The first-order chi connectivity index (χ1) is 10.1. The fourth-order valence-corrected chi connectivity index (χ4v) is 2.49. The maximum atomic E-state index is 13.3. The van der Waals surface area contributed by atoms with Crippen LogP contribution in [0.3, 0.4) is 0 Å². The lowest BCUT2D eigenvalue weighted by atomic mass is 10.1. The summed E-state index contributed by atoms with van der Waals surface area (Å²) in [5.41, 5.74) is 1.28. The Kier molecular flexibility index (Phi) is 3.13. The van der Waals surface area contributed by atoms with E-state index in [1.807, 2.05) is 24.3 Å².